The molecule has 0 unspecified atom stereocenters. The molecule has 6 nitrogen and oxygen atoms in total. The third-order valence-electron chi connectivity index (χ3n) is 4.03. The van der Waals surface area contributed by atoms with Crippen LogP contribution >= 0.6 is 11.6 Å². The van der Waals surface area contributed by atoms with Crippen LogP contribution in [-0.4, -0.2) is 28.7 Å². The van der Waals surface area contributed by atoms with Gasteiger partial charge in [0.05, 0.1) is 17.4 Å². The van der Waals surface area contributed by atoms with Gasteiger partial charge in [-0.2, -0.15) is 0 Å². The van der Waals surface area contributed by atoms with Gasteiger partial charge in [0.2, 0.25) is 6.79 Å². The standard InChI is InChI=1S/C18H16ClN3O3/c1-22(8-11-2-5-15-16(6-11)25-10-24-15)9-17-20-14-7-12(19)3-4-13(14)18(23)21-17/h2-7H,8-10H2,1H3,(H,20,21,23). The van der Waals surface area contributed by atoms with Crippen molar-refractivity contribution in [3.8, 4) is 11.5 Å². The molecule has 2 heterocycles. The molecule has 0 saturated carbocycles. The van der Waals surface area contributed by atoms with Crippen LogP contribution in [0.5, 0.6) is 11.5 Å². The third-order valence-corrected chi connectivity index (χ3v) is 4.26. The second kappa shape index (κ2) is 6.38. The van der Waals surface area contributed by atoms with Crippen LogP contribution in [0.25, 0.3) is 10.9 Å². The largest absolute Gasteiger partial charge is 0.454 e. The van der Waals surface area contributed by atoms with Gasteiger partial charge in [0.25, 0.3) is 5.56 Å². The molecule has 0 fully saturated rings. The van der Waals surface area contributed by atoms with Gasteiger partial charge in [0, 0.05) is 11.6 Å². The Morgan fingerprint density at radius 1 is 1.16 bits per heavy atom. The fourth-order valence-electron chi connectivity index (χ4n) is 2.90. The maximum absolute atomic E-state index is 12.2. The van der Waals surface area contributed by atoms with Crippen LogP contribution in [0.4, 0.5) is 0 Å². The van der Waals surface area contributed by atoms with E-state index in [2.05, 4.69) is 14.9 Å². The smallest absolute Gasteiger partial charge is 0.258 e. The Kier molecular flexibility index (Phi) is 4.07. The molecule has 25 heavy (non-hydrogen) atoms. The molecule has 0 amide bonds. The predicted octanol–water partition coefficient (Wildman–Crippen LogP) is 2.94. The summed E-state index contributed by atoms with van der Waals surface area (Å²) in [7, 11) is 1.97. The van der Waals surface area contributed by atoms with Crippen LogP contribution in [-0.2, 0) is 13.1 Å². The maximum Gasteiger partial charge on any atom is 0.258 e. The summed E-state index contributed by atoms with van der Waals surface area (Å²) in [5, 5.41) is 1.09. The Morgan fingerprint density at radius 2 is 2.00 bits per heavy atom. The Labute approximate surface area is 149 Å². The Balaban J connectivity index is 1.53. The predicted molar refractivity (Wildman–Crippen MR) is 95.1 cm³/mol. The summed E-state index contributed by atoms with van der Waals surface area (Å²) >= 11 is 6.00. The van der Waals surface area contributed by atoms with Gasteiger partial charge < -0.3 is 14.5 Å². The molecule has 2 aromatic carbocycles. The number of nitrogens with zero attached hydrogens (tertiary/aromatic N) is 2. The molecule has 0 atom stereocenters. The molecule has 1 aromatic heterocycles. The van der Waals surface area contributed by atoms with E-state index in [0.717, 1.165) is 17.1 Å². The van der Waals surface area contributed by atoms with E-state index in [0.29, 0.717) is 34.8 Å². The Morgan fingerprint density at radius 3 is 2.88 bits per heavy atom. The lowest BCUT2D eigenvalue weighted by atomic mass is 10.2. The highest BCUT2D eigenvalue weighted by Crippen LogP contribution is 2.32. The van der Waals surface area contributed by atoms with Gasteiger partial charge in [-0.1, -0.05) is 17.7 Å². The average molecular weight is 358 g/mol. The van der Waals surface area contributed by atoms with E-state index in [4.69, 9.17) is 21.1 Å². The Bertz CT molecular complexity index is 1000. The van der Waals surface area contributed by atoms with Crippen LogP contribution in [0.15, 0.2) is 41.2 Å². The molecule has 128 valence electrons. The fraction of sp³-hybridized carbons (Fsp3) is 0.222. The van der Waals surface area contributed by atoms with Crippen molar-refractivity contribution < 1.29 is 9.47 Å². The van der Waals surface area contributed by atoms with E-state index in [1.54, 1.807) is 18.2 Å². The summed E-state index contributed by atoms with van der Waals surface area (Å²) in [5.41, 5.74) is 1.54. The second-order valence-electron chi connectivity index (χ2n) is 6.03. The SMILES string of the molecule is CN(Cc1ccc2c(c1)OCO2)Cc1nc2cc(Cl)ccc2c(=O)[nH]1. The number of nitrogens with one attached hydrogen (secondary N) is 1. The summed E-state index contributed by atoms with van der Waals surface area (Å²) in [6.07, 6.45) is 0. The number of H-pyrrole nitrogens is 1. The van der Waals surface area contributed by atoms with Gasteiger partial charge in [-0.05, 0) is 42.9 Å². The number of halogens is 1. The molecule has 0 radical (unpaired) electrons. The molecular formula is C18H16ClN3O3. The zero-order chi connectivity index (χ0) is 17.4. The van der Waals surface area contributed by atoms with Crippen molar-refractivity contribution >= 4 is 22.5 Å². The highest BCUT2D eigenvalue weighted by atomic mass is 35.5. The van der Waals surface area contributed by atoms with Crippen molar-refractivity contribution in [1.82, 2.24) is 14.9 Å². The number of hydrogen-bond donors (Lipinski definition) is 1. The Hall–Kier alpha value is -2.57. The first kappa shape index (κ1) is 15.9. The molecule has 0 bridgehead atoms. The van der Waals surface area contributed by atoms with E-state index in [-0.39, 0.29) is 12.4 Å². The van der Waals surface area contributed by atoms with Gasteiger partial charge >= 0.3 is 0 Å². The molecule has 4 rings (SSSR count). The zero-order valence-corrected chi connectivity index (χ0v) is 14.3. The molecular weight excluding hydrogens is 342 g/mol. The first-order chi connectivity index (χ1) is 12.1. The number of benzene rings is 2. The minimum absolute atomic E-state index is 0.159. The summed E-state index contributed by atoms with van der Waals surface area (Å²) in [4.78, 5) is 21.6. The molecule has 0 aliphatic carbocycles. The van der Waals surface area contributed by atoms with Crippen LogP contribution in [0.2, 0.25) is 5.02 Å². The van der Waals surface area contributed by atoms with E-state index < -0.39 is 0 Å². The molecule has 1 aliphatic rings. The van der Waals surface area contributed by atoms with Crippen molar-refractivity contribution in [3.63, 3.8) is 0 Å². The third kappa shape index (κ3) is 3.31. The molecule has 0 saturated heterocycles. The van der Waals surface area contributed by atoms with E-state index in [1.165, 1.54) is 0 Å². The number of fused-ring (bicyclic) bond motifs is 2. The van der Waals surface area contributed by atoms with Gasteiger partial charge in [-0.15, -0.1) is 0 Å². The maximum atomic E-state index is 12.2. The first-order valence-corrected chi connectivity index (χ1v) is 8.22. The lowest BCUT2D eigenvalue weighted by Gasteiger charge is -2.16. The monoisotopic (exact) mass is 357 g/mol. The number of aromatic nitrogens is 2. The zero-order valence-electron chi connectivity index (χ0n) is 13.6. The minimum atomic E-state index is -0.159. The molecule has 0 spiro atoms. The highest BCUT2D eigenvalue weighted by Gasteiger charge is 2.14. The topological polar surface area (TPSA) is 67.5 Å². The first-order valence-electron chi connectivity index (χ1n) is 7.84. The van der Waals surface area contributed by atoms with Crippen molar-refractivity contribution in [3.05, 3.63) is 63.2 Å². The summed E-state index contributed by atoms with van der Waals surface area (Å²) < 4.78 is 10.7. The summed E-state index contributed by atoms with van der Waals surface area (Å²) in [5.74, 6) is 2.13. The average Bonchev–Trinajstić information content (AvgIpc) is 3.01. The minimum Gasteiger partial charge on any atom is -0.454 e. The van der Waals surface area contributed by atoms with Crippen molar-refractivity contribution in [2.45, 2.75) is 13.1 Å². The van der Waals surface area contributed by atoms with E-state index in [9.17, 15) is 4.79 Å². The van der Waals surface area contributed by atoms with Crippen molar-refractivity contribution in [2.75, 3.05) is 13.8 Å². The fourth-order valence-corrected chi connectivity index (χ4v) is 3.06. The number of aromatic amines is 1. The molecule has 3 aromatic rings. The molecule has 7 heteroatoms. The van der Waals surface area contributed by atoms with Crippen LogP contribution in [0.1, 0.15) is 11.4 Å². The van der Waals surface area contributed by atoms with Gasteiger partial charge in [-0.3, -0.25) is 9.69 Å². The highest BCUT2D eigenvalue weighted by molar-refractivity contribution is 6.31. The van der Waals surface area contributed by atoms with Crippen molar-refractivity contribution in [1.29, 1.82) is 0 Å². The van der Waals surface area contributed by atoms with Crippen LogP contribution in [0, 0.1) is 0 Å². The van der Waals surface area contributed by atoms with E-state index >= 15 is 0 Å². The summed E-state index contributed by atoms with van der Waals surface area (Å²) in [6.45, 7) is 1.46. The van der Waals surface area contributed by atoms with Crippen molar-refractivity contribution in [2.24, 2.45) is 0 Å². The quantitative estimate of drug-likeness (QED) is 0.777. The van der Waals surface area contributed by atoms with Gasteiger partial charge in [0.15, 0.2) is 11.5 Å². The van der Waals surface area contributed by atoms with Crippen LogP contribution in [0.3, 0.4) is 0 Å². The normalized spacial score (nSPS) is 12.9. The lowest BCUT2D eigenvalue weighted by Crippen LogP contribution is -2.21. The van der Waals surface area contributed by atoms with Gasteiger partial charge in [0.1, 0.15) is 5.82 Å². The lowest BCUT2D eigenvalue weighted by molar-refractivity contribution is 0.174. The molecule has 1 N–H and O–H groups in total. The van der Waals surface area contributed by atoms with Gasteiger partial charge in [-0.25, -0.2) is 4.98 Å². The van der Waals surface area contributed by atoms with Crippen LogP contribution < -0.4 is 15.0 Å². The van der Waals surface area contributed by atoms with E-state index in [1.807, 2.05) is 25.2 Å². The number of hydrogen-bond acceptors (Lipinski definition) is 5. The molecule has 1 aliphatic heterocycles. The second-order valence-corrected chi connectivity index (χ2v) is 6.47. The summed E-state index contributed by atoms with van der Waals surface area (Å²) in [6, 6.07) is 10.9. The number of rotatable bonds is 4. The number of ether oxygens (including phenoxy) is 2.